The highest BCUT2D eigenvalue weighted by atomic mass is 35.5. The second kappa shape index (κ2) is 8.97. The summed E-state index contributed by atoms with van der Waals surface area (Å²) in [5.41, 5.74) is 6.70. The molecule has 3 N–H and O–H groups in total. The van der Waals surface area contributed by atoms with Gasteiger partial charge in [0.1, 0.15) is 0 Å². The van der Waals surface area contributed by atoms with Gasteiger partial charge in [-0.3, -0.25) is 4.79 Å². The SMILES string of the molecule is CC(Cc1ccc(Cl)cc1Cl)C(=O)NC1CCCC1CN.Cl. The first kappa shape index (κ1) is 19.6. The summed E-state index contributed by atoms with van der Waals surface area (Å²) < 4.78 is 0. The van der Waals surface area contributed by atoms with Gasteiger partial charge in [0, 0.05) is 22.0 Å². The molecule has 0 spiro atoms. The highest BCUT2D eigenvalue weighted by Gasteiger charge is 2.28. The number of halogens is 3. The van der Waals surface area contributed by atoms with Gasteiger partial charge < -0.3 is 11.1 Å². The maximum absolute atomic E-state index is 12.3. The van der Waals surface area contributed by atoms with Gasteiger partial charge in [-0.2, -0.15) is 0 Å². The van der Waals surface area contributed by atoms with E-state index in [0.717, 1.165) is 24.8 Å². The van der Waals surface area contributed by atoms with E-state index in [2.05, 4.69) is 5.32 Å². The minimum absolute atomic E-state index is 0. The summed E-state index contributed by atoms with van der Waals surface area (Å²) in [6, 6.07) is 5.62. The molecule has 0 heterocycles. The standard InChI is InChI=1S/C16H22Cl2N2O.ClH/c1-10(7-11-5-6-13(17)8-14(11)18)16(21)20-15-4-2-3-12(15)9-19;/h5-6,8,10,12,15H,2-4,7,9,19H2,1H3,(H,20,21);1H. The molecule has 3 atom stereocenters. The van der Waals surface area contributed by atoms with Crippen molar-refractivity contribution in [3.63, 3.8) is 0 Å². The first-order chi connectivity index (χ1) is 10.0. The molecule has 1 aliphatic rings. The zero-order valence-corrected chi connectivity index (χ0v) is 15.0. The zero-order valence-electron chi connectivity index (χ0n) is 12.6. The highest BCUT2D eigenvalue weighted by molar-refractivity contribution is 6.35. The van der Waals surface area contributed by atoms with Gasteiger partial charge in [-0.15, -0.1) is 12.4 Å². The predicted molar refractivity (Wildman–Crippen MR) is 94.9 cm³/mol. The molecule has 1 fully saturated rings. The Balaban J connectivity index is 0.00000242. The summed E-state index contributed by atoms with van der Waals surface area (Å²) in [5.74, 6) is 0.370. The van der Waals surface area contributed by atoms with Crippen LogP contribution in [0.25, 0.3) is 0 Å². The van der Waals surface area contributed by atoms with Crippen LogP contribution in [0, 0.1) is 11.8 Å². The van der Waals surface area contributed by atoms with Crippen LogP contribution in [-0.4, -0.2) is 18.5 Å². The Morgan fingerprint density at radius 2 is 2.14 bits per heavy atom. The van der Waals surface area contributed by atoms with E-state index >= 15 is 0 Å². The monoisotopic (exact) mass is 364 g/mol. The average molecular weight is 366 g/mol. The van der Waals surface area contributed by atoms with E-state index in [-0.39, 0.29) is 30.3 Å². The molecule has 1 aliphatic carbocycles. The van der Waals surface area contributed by atoms with Crippen molar-refractivity contribution in [3.05, 3.63) is 33.8 Å². The summed E-state index contributed by atoms with van der Waals surface area (Å²) in [5, 5.41) is 4.37. The number of nitrogens with two attached hydrogens (primary N) is 1. The lowest BCUT2D eigenvalue weighted by Gasteiger charge is -2.22. The normalized spacial score (nSPS) is 22.0. The van der Waals surface area contributed by atoms with Crippen molar-refractivity contribution in [2.75, 3.05) is 6.54 Å². The van der Waals surface area contributed by atoms with Crippen molar-refractivity contribution in [2.24, 2.45) is 17.6 Å². The second-order valence-electron chi connectivity index (χ2n) is 5.88. The van der Waals surface area contributed by atoms with Crippen LogP contribution in [0.3, 0.4) is 0 Å². The molecule has 3 unspecified atom stereocenters. The fraction of sp³-hybridized carbons (Fsp3) is 0.562. The van der Waals surface area contributed by atoms with Crippen LogP contribution in [0.1, 0.15) is 31.7 Å². The van der Waals surface area contributed by atoms with Crippen LogP contribution in [0.2, 0.25) is 10.0 Å². The van der Waals surface area contributed by atoms with Gasteiger partial charge in [-0.25, -0.2) is 0 Å². The van der Waals surface area contributed by atoms with Crippen LogP contribution >= 0.6 is 35.6 Å². The van der Waals surface area contributed by atoms with E-state index in [1.807, 2.05) is 13.0 Å². The molecule has 22 heavy (non-hydrogen) atoms. The number of carbonyl (C=O) groups is 1. The zero-order chi connectivity index (χ0) is 15.4. The number of carbonyl (C=O) groups excluding carboxylic acids is 1. The van der Waals surface area contributed by atoms with Crippen LogP contribution in [0.15, 0.2) is 18.2 Å². The Morgan fingerprint density at radius 1 is 1.41 bits per heavy atom. The molecular formula is C16H23Cl3N2O. The molecule has 2 rings (SSSR count). The topological polar surface area (TPSA) is 55.1 Å². The van der Waals surface area contributed by atoms with Crippen molar-refractivity contribution in [2.45, 2.75) is 38.6 Å². The first-order valence-electron chi connectivity index (χ1n) is 7.45. The Hall–Kier alpha value is -0.480. The number of nitrogens with one attached hydrogen (secondary N) is 1. The number of hydrogen-bond acceptors (Lipinski definition) is 2. The lowest BCUT2D eigenvalue weighted by atomic mass is 9.98. The Kier molecular flexibility index (Phi) is 7.98. The quantitative estimate of drug-likeness (QED) is 0.833. The van der Waals surface area contributed by atoms with Gasteiger partial charge in [0.15, 0.2) is 0 Å². The minimum atomic E-state index is -0.122. The van der Waals surface area contributed by atoms with Crippen LogP contribution in [0.4, 0.5) is 0 Å². The molecule has 0 bridgehead atoms. The van der Waals surface area contributed by atoms with E-state index in [9.17, 15) is 4.79 Å². The fourth-order valence-electron chi connectivity index (χ4n) is 2.94. The fourth-order valence-corrected chi connectivity index (χ4v) is 3.43. The van der Waals surface area contributed by atoms with Gasteiger partial charge >= 0.3 is 0 Å². The number of amides is 1. The van der Waals surface area contributed by atoms with Crippen molar-refractivity contribution in [1.29, 1.82) is 0 Å². The van der Waals surface area contributed by atoms with Crippen molar-refractivity contribution in [1.82, 2.24) is 5.32 Å². The van der Waals surface area contributed by atoms with Crippen LogP contribution in [-0.2, 0) is 11.2 Å². The van der Waals surface area contributed by atoms with E-state index in [0.29, 0.717) is 28.9 Å². The largest absolute Gasteiger partial charge is 0.353 e. The summed E-state index contributed by atoms with van der Waals surface area (Å²) in [4.78, 5) is 12.3. The second-order valence-corrected chi connectivity index (χ2v) is 6.73. The molecule has 1 amide bonds. The molecule has 0 saturated heterocycles. The van der Waals surface area contributed by atoms with Gasteiger partial charge in [0.25, 0.3) is 0 Å². The van der Waals surface area contributed by atoms with Gasteiger partial charge in [-0.1, -0.05) is 42.6 Å². The molecule has 1 aromatic carbocycles. The van der Waals surface area contributed by atoms with Gasteiger partial charge in [-0.05, 0) is 49.4 Å². The third-order valence-electron chi connectivity index (χ3n) is 4.28. The minimum Gasteiger partial charge on any atom is -0.353 e. The Bertz CT molecular complexity index is 510. The highest BCUT2D eigenvalue weighted by Crippen LogP contribution is 2.26. The molecule has 0 aromatic heterocycles. The lowest BCUT2D eigenvalue weighted by Crippen LogP contribution is -2.42. The summed E-state index contributed by atoms with van der Waals surface area (Å²) >= 11 is 12.0. The third-order valence-corrected chi connectivity index (χ3v) is 4.87. The van der Waals surface area contributed by atoms with Gasteiger partial charge in [0.05, 0.1) is 0 Å². The first-order valence-corrected chi connectivity index (χ1v) is 8.21. The molecule has 3 nitrogen and oxygen atoms in total. The van der Waals surface area contributed by atoms with E-state index in [4.69, 9.17) is 28.9 Å². The maximum Gasteiger partial charge on any atom is 0.223 e. The predicted octanol–water partition coefficient (Wildman–Crippen LogP) is 3.84. The van der Waals surface area contributed by atoms with Crippen molar-refractivity contribution >= 4 is 41.5 Å². The summed E-state index contributed by atoms with van der Waals surface area (Å²) in [7, 11) is 0. The van der Waals surface area contributed by atoms with Crippen molar-refractivity contribution < 1.29 is 4.79 Å². The Labute approximate surface area is 148 Å². The van der Waals surface area contributed by atoms with E-state index in [1.54, 1.807) is 12.1 Å². The van der Waals surface area contributed by atoms with Gasteiger partial charge in [0.2, 0.25) is 5.91 Å². The van der Waals surface area contributed by atoms with Crippen LogP contribution < -0.4 is 11.1 Å². The summed E-state index contributed by atoms with van der Waals surface area (Å²) in [6.45, 7) is 2.56. The van der Waals surface area contributed by atoms with Crippen molar-refractivity contribution in [3.8, 4) is 0 Å². The lowest BCUT2D eigenvalue weighted by molar-refractivity contribution is -0.125. The molecule has 1 saturated carbocycles. The molecule has 0 radical (unpaired) electrons. The van der Waals surface area contributed by atoms with E-state index < -0.39 is 0 Å². The average Bonchev–Trinajstić information content (AvgIpc) is 2.89. The maximum atomic E-state index is 12.3. The molecule has 124 valence electrons. The smallest absolute Gasteiger partial charge is 0.223 e. The summed E-state index contributed by atoms with van der Waals surface area (Å²) in [6.07, 6.45) is 3.90. The van der Waals surface area contributed by atoms with E-state index in [1.165, 1.54) is 0 Å². The number of rotatable bonds is 5. The van der Waals surface area contributed by atoms with Crippen LogP contribution in [0.5, 0.6) is 0 Å². The Morgan fingerprint density at radius 3 is 2.77 bits per heavy atom. The number of benzene rings is 1. The molecule has 6 heteroatoms. The number of hydrogen-bond donors (Lipinski definition) is 2. The third kappa shape index (κ3) is 5.02. The molecular weight excluding hydrogens is 343 g/mol. The molecule has 0 aliphatic heterocycles. The molecule has 1 aromatic rings.